The van der Waals surface area contributed by atoms with E-state index in [0.717, 1.165) is 12.8 Å². The van der Waals surface area contributed by atoms with Crippen molar-refractivity contribution in [3.8, 4) is 0 Å². The number of carbonyl (C=O) groups is 2. The van der Waals surface area contributed by atoms with Gasteiger partial charge in [0.1, 0.15) is 5.69 Å². The van der Waals surface area contributed by atoms with Crippen LogP contribution >= 0.6 is 0 Å². The van der Waals surface area contributed by atoms with E-state index in [1.165, 1.54) is 0 Å². The van der Waals surface area contributed by atoms with Gasteiger partial charge in [0.15, 0.2) is 0 Å². The Morgan fingerprint density at radius 3 is 2.70 bits per heavy atom. The van der Waals surface area contributed by atoms with Gasteiger partial charge in [-0.25, -0.2) is 0 Å². The van der Waals surface area contributed by atoms with Crippen molar-refractivity contribution >= 4 is 11.8 Å². The molecule has 1 saturated heterocycles. The molecule has 0 aromatic carbocycles. The maximum Gasteiger partial charge on any atom is 0.270 e. The molecule has 6 nitrogen and oxygen atoms in total. The normalized spacial score (nSPS) is 22.9. The van der Waals surface area contributed by atoms with Crippen LogP contribution in [0, 0.1) is 5.92 Å². The van der Waals surface area contributed by atoms with E-state index >= 15 is 0 Å². The van der Waals surface area contributed by atoms with Gasteiger partial charge in [-0.05, 0) is 24.8 Å². The largest absolute Gasteiger partial charge is 0.366 e. The third-order valence-corrected chi connectivity index (χ3v) is 4.02. The van der Waals surface area contributed by atoms with Crippen molar-refractivity contribution in [3.05, 3.63) is 23.5 Å². The number of rotatable bonds is 3. The van der Waals surface area contributed by atoms with Crippen molar-refractivity contribution in [3.63, 3.8) is 0 Å². The topological polar surface area (TPSA) is 94.3 Å². The molecule has 2 unspecified atom stereocenters. The molecule has 2 heterocycles. The van der Waals surface area contributed by atoms with Gasteiger partial charge in [-0.2, -0.15) is 0 Å². The lowest BCUT2D eigenvalue weighted by Crippen LogP contribution is -2.49. The molecule has 110 valence electrons. The van der Waals surface area contributed by atoms with E-state index in [4.69, 9.17) is 11.5 Å². The number of primary amides is 1. The Balaban J connectivity index is 2.24. The second-order valence-corrected chi connectivity index (χ2v) is 5.61. The lowest BCUT2D eigenvalue weighted by molar-refractivity contribution is 0.0564. The Morgan fingerprint density at radius 2 is 2.15 bits per heavy atom. The average Bonchev–Trinajstić information content (AvgIpc) is 2.80. The van der Waals surface area contributed by atoms with E-state index in [2.05, 4.69) is 6.92 Å². The fraction of sp³-hybridized carbons (Fsp3) is 0.571. The molecule has 1 fully saturated rings. The van der Waals surface area contributed by atoms with Crippen LogP contribution in [0.4, 0.5) is 0 Å². The standard InChI is InChI=1S/C14H22N4O2/c1-9-3-4-18(11(5-9)7-15)14(20)12-6-10(13(16)19)8-17(12)2/h6,8-9,11H,3-5,7,15H2,1-2H3,(H2,16,19). The third kappa shape index (κ3) is 2.70. The molecule has 1 aromatic heterocycles. The van der Waals surface area contributed by atoms with E-state index < -0.39 is 5.91 Å². The zero-order chi connectivity index (χ0) is 14.9. The van der Waals surface area contributed by atoms with E-state index in [1.807, 2.05) is 4.90 Å². The fourth-order valence-electron chi connectivity index (χ4n) is 2.80. The minimum Gasteiger partial charge on any atom is -0.366 e. The number of hydrogen-bond donors (Lipinski definition) is 2. The van der Waals surface area contributed by atoms with Crippen LogP contribution in [0.2, 0.25) is 0 Å². The second-order valence-electron chi connectivity index (χ2n) is 5.61. The van der Waals surface area contributed by atoms with Crippen LogP contribution in [0.15, 0.2) is 12.3 Å². The van der Waals surface area contributed by atoms with Crippen molar-refractivity contribution in [2.45, 2.75) is 25.8 Å². The summed E-state index contributed by atoms with van der Waals surface area (Å²) in [6, 6.07) is 1.62. The first kappa shape index (κ1) is 14.6. The molecule has 0 bridgehead atoms. The number of carbonyl (C=O) groups excluding carboxylic acids is 2. The van der Waals surface area contributed by atoms with E-state index in [0.29, 0.717) is 30.3 Å². The van der Waals surface area contributed by atoms with Crippen LogP contribution in [-0.2, 0) is 7.05 Å². The summed E-state index contributed by atoms with van der Waals surface area (Å²) in [5.41, 5.74) is 11.9. The molecule has 6 heteroatoms. The maximum absolute atomic E-state index is 12.6. The highest BCUT2D eigenvalue weighted by Gasteiger charge is 2.30. The molecule has 0 saturated carbocycles. The smallest absolute Gasteiger partial charge is 0.270 e. The minimum atomic E-state index is -0.526. The van der Waals surface area contributed by atoms with Crippen molar-refractivity contribution in [2.24, 2.45) is 24.4 Å². The number of aromatic nitrogens is 1. The van der Waals surface area contributed by atoms with Gasteiger partial charge in [0.2, 0.25) is 5.91 Å². The molecule has 4 N–H and O–H groups in total. The molecule has 2 atom stereocenters. The van der Waals surface area contributed by atoms with Gasteiger partial charge in [0.05, 0.1) is 5.56 Å². The Morgan fingerprint density at radius 1 is 1.45 bits per heavy atom. The average molecular weight is 278 g/mol. The lowest BCUT2D eigenvalue weighted by Gasteiger charge is -2.38. The summed E-state index contributed by atoms with van der Waals surface area (Å²) in [5.74, 6) is -0.0214. The van der Waals surface area contributed by atoms with Crippen LogP contribution in [0.25, 0.3) is 0 Å². The molecule has 0 spiro atoms. The second kappa shape index (κ2) is 5.66. The first-order chi connectivity index (χ1) is 9.43. The van der Waals surface area contributed by atoms with Crippen LogP contribution in [0.5, 0.6) is 0 Å². The lowest BCUT2D eigenvalue weighted by atomic mass is 9.92. The number of nitrogens with two attached hydrogens (primary N) is 2. The fourth-order valence-corrected chi connectivity index (χ4v) is 2.80. The van der Waals surface area contributed by atoms with Gasteiger partial charge in [0.25, 0.3) is 5.91 Å². The Hall–Kier alpha value is -1.82. The van der Waals surface area contributed by atoms with Crippen LogP contribution in [0.3, 0.4) is 0 Å². The number of piperidine rings is 1. The maximum atomic E-state index is 12.6. The van der Waals surface area contributed by atoms with Crippen LogP contribution in [-0.4, -0.2) is 40.4 Å². The summed E-state index contributed by atoms with van der Waals surface area (Å²) in [5, 5.41) is 0. The van der Waals surface area contributed by atoms with Gasteiger partial charge in [0, 0.05) is 32.4 Å². The van der Waals surface area contributed by atoms with Gasteiger partial charge in [-0.15, -0.1) is 0 Å². The summed E-state index contributed by atoms with van der Waals surface area (Å²) < 4.78 is 1.65. The van der Waals surface area contributed by atoms with Gasteiger partial charge in [-0.3, -0.25) is 9.59 Å². The summed E-state index contributed by atoms with van der Waals surface area (Å²) >= 11 is 0. The van der Waals surface area contributed by atoms with Crippen molar-refractivity contribution in [2.75, 3.05) is 13.1 Å². The third-order valence-electron chi connectivity index (χ3n) is 4.02. The summed E-state index contributed by atoms with van der Waals surface area (Å²) in [7, 11) is 1.74. The number of nitrogens with zero attached hydrogens (tertiary/aromatic N) is 2. The molecular formula is C14H22N4O2. The Bertz CT molecular complexity index is 523. The molecule has 1 aliphatic heterocycles. The Kier molecular flexibility index (Phi) is 4.13. The monoisotopic (exact) mass is 278 g/mol. The van der Waals surface area contributed by atoms with Crippen LogP contribution < -0.4 is 11.5 Å². The molecular weight excluding hydrogens is 256 g/mol. The molecule has 0 radical (unpaired) electrons. The van der Waals surface area contributed by atoms with E-state index in [-0.39, 0.29) is 11.9 Å². The van der Waals surface area contributed by atoms with Gasteiger partial charge >= 0.3 is 0 Å². The number of likely N-dealkylation sites (tertiary alicyclic amines) is 1. The van der Waals surface area contributed by atoms with Crippen molar-refractivity contribution in [1.82, 2.24) is 9.47 Å². The van der Waals surface area contributed by atoms with Crippen molar-refractivity contribution < 1.29 is 9.59 Å². The SMILES string of the molecule is CC1CCN(C(=O)c2cc(C(N)=O)cn2C)C(CN)C1. The predicted octanol–water partition coefficient (Wildman–Crippen LogP) is 0.323. The number of hydrogen-bond acceptors (Lipinski definition) is 3. The summed E-state index contributed by atoms with van der Waals surface area (Å²) in [6.45, 7) is 3.35. The zero-order valence-electron chi connectivity index (χ0n) is 12.0. The first-order valence-corrected chi connectivity index (χ1v) is 6.91. The molecule has 1 aromatic rings. The van der Waals surface area contributed by atoms with E-state index in [1.54, 1.807) is 23.9 Å². The van der Waals surface area contributed by atoms with E-state index in [9.17, 15) is 9.59 Å². The summed E-state index contributed by atoms with van der Waals surface area (Å²) in [6.07, 6.45) is 3.49. The number of amides is 2. The molecule has 2 amide bonds. The highest BCUT2D eigenvalue weighted by Crippen LogP contribution is 2.24. The molecule has 2 rings (SSSR count). The number of aryl methyl sites for hydroxylation is 1. The van der Waals surface area contributed by atoms with Gasteiger partial charge < -0.3 is 20.9 Å². The predicted molar refractivity (Wildman–Crippen MR) is 76.2 cm³/mol. The molecule has 20 heavy (non-hydrogen) atoms. The highest BCUT2D eigenvalue weighted by atomic mass is 16.2. The van der Waals surface area contributed by atoms with Crippen molar-refractivity contribution in [1.29, 1.82) is 0 Å². The first-order valence-electron chi connectivity index (χ1n) is 6.91. The van der Waals surface area contributed by atoms with Gasteiger partial charge in [-0.1, -0.05) is 6.92 Å². The van der Waals surface area contributed by atoms with Crippen LogP contribution in [0.1, 0.15) is 40.6 Å². The zero-order valence-corrected chi connectivity index (χ0v) is 12.0. The molecule has 1 aliphatic rings. The molecule has 0 aliphatic carbocycles. The Labute approximate surface area is 118 Å². The quantitative estimate of drug-likeness (QED) is 0.833. The minimum absolute atomic E-state index is 0.0678. The highest BCUT2D eigenvalue weighted by molar-refractivity contribution is 5.98. The summed E-state index contributed by atoms with van der Waals surface area (Å²) in [4.78, 5) is 25.6.